The number of hydrogen-bond donors (Lipinski definition) is 2. The molecule has 2 rings (SSSR count). The SMILES string of the molecule is O=C(NCCN1CCSCC1)C1(C(F)(F)F)CCNC1. The van der Waals surface area contributed by atoms with Crippen LogP contribution in [0.2, 0.25) is 0 Å². The fourth-order valence-corrected chi connectivity index (χ4v) is 3.56. The van der Waals surface area contributed by atoms with Crippen molar-refractivity contribution in [1.82, 2.24) is 15.5 Å². The molecule has 2 N–H and O–H groups in total. The minimum Gasteiger partial charge on any atom is -0.354 e. The molecule has 0 aromatic carbocycles. The second-order valence-electron chi connectivity index (χ2n) is 5.22. The molecule has 0 spiro atoms. The molecule has 2 aliphatic rings. The summed E-state index contributed by atoms with van der Waals surface area (Å²) in [6.07, 6.45) is -4.68. The number of rotatable bonds is 4. The Morgan fingerprint density at radius 2 is 2.05 bits per heavy atom. The van der Waals surface area contributed by atoms with Crippen LogP contribution in [0, 0.1) is 5.41 Å². The molecule has 0 aromatic heterocycles. The summed E-state index contributed by atoms with van der Waals surface area (Å²) in [5.74, 6) is 1.20. The van der Waals surface area contributed by atoms with Crippen LogP contribution in [0.3, 0.4) is 0 Å². The number of hydrogen-bond acceptors (Lipinski definition) is 4. The van der Waals surface area contributed by atoms with Gasteiger partial charge in [-0.15, -0.1) is 0 Å². The summed E-state index contributed by atoms with van der Waals surface area (Å²) in [5.41, 5.74) is -2.25. The molecule has 1 unspecified atom stereocenters. The molecule has 0 saturated carbocycles. The Kier molecular flexibility index (Phi) is 5.19. The summed E-state index contributed by atoms with van der Waals surface area (Å²) < 4.78 is 39.4. The quantitative estimate of drug-likeness (QED) is 0.802. The molecule has 4 nitrogen and oxygen atoms in total. The largest absolute Gasteiger partial charge is 0.404 e. The van der Waals surface area contributed by atoms with Crippen molar-refractivity contribution in [3.63, 3.8) is 0 Å². The highest BCUT2D eigenvalue weighted by Gasteiger charge is 2.61. The lowest BCUT2D eigenvalue weighted by atomic mass is 9.85. The second-order valence-corrected chi connectivity index (χ2v) is 6.44. The van der Waals surface area contributed by atoms with Crippen LogP contribution < -0.4 is 10.6 Å². The van der Waals surface area contributed by atoms with E-state index in [-0.39, 0.29) is 26.1 Å². The average molecular weight is 311 g/mol. The van der Waals surface area contributed by atoms with Gasteiger partial charge in [-0.25, -0.2) is 0 Å². The second kappa shape index (κ2) is 6.53. The zero-order chi connectivity index (χ0) is 14.6. The van der Waals surface area contributed by atoms with Gasteiger partial charge < -0.3 is 10.6 Å². The van der Waals surface area contributed by atoms with Gasteiger partial charge in [-0.1, -0.05) is 0 Å². The van der Waals surface area contributed by atoms with E-state index in [1.54, 1.807) is 0 Å². The summed E-state index contributed by atoms with van der Waals surface area (Å²) in [5, 5.41) is 5.12. The smallest absolute Gasteiger partial charge is 0.354 e. The Morgan fingerprint density at radius 1 is 1.35 bits per heavy atom. The third-order valence-corrected chi connectivity index (χ3v) is 4.89. The maximum absolute atomic E-state index is 13.1. The molecule has 20 heavy (non-hydrogen) atoms. The standard InChI is InChI=1S/C12H20F3N3OS/c13-12(14,15)11(1-2-16-9-11)10(19)17-3-4-18-5-7-20-8-6-18/h16H,1-9H2,(H,17,19). The van der Waals surface area contributed by atoms with Crippen LogP contribution in [-0.2, 0) is 4.79 Å². The number of alkyl halides is 3. The number of halogens is 3. The first-order chi connectivity index (χ1) is 9.46. The fourth-order valence-electron chi connectivity index (χ4n) is 2.58. The maximum atomic E-state index is 13.1. The van der Waals surface area contributed by atoms with E-state index in [0.717, 1.165) is 24.6 Å². The molecule has 8 heteroatoms. The number of nitrogens with one attached hydrogen (secondary N) is 2. The van der Waals surface area contributed by atoms with Crippen molar-refractivity contribution in [2.24, 2.45) is 5.41 Å². The van der Waals surface area contributed by atoms with Gasteiger partial charge >= 0.3 is 6.18 Å². The first kappa shape index (κ1) is 15.9. The lowest BCUT2D eigenvalue weighted by Crippen LogP contribution is -2.53. The van der Waals surface area contributed by atoms with Crippen LogP contribution in [0.4, 0.5) is 13.2 Å². The zero-order valence-electron chi connectivity index (χ0n) is 11.3. The highest BCUT2D eigenvalue weighted by Crippen LogP contribution is 2.43. The summed E-state index contributed by atoms with van der Waals surface area (Å²) in [6.45, 7) is 2.69. The third kappa shape index (κ3) is 3.40. The molecule has 1 atom stereocenters. The first-order valence-corrected chi connectivity index (χ1v) is 7.97. The highest BCUT2D eigenvalue weighted by molar-refractivity contribution is 7.99. The van der Waals surface area contributed by atoms with Gasteiger partial charge in [0.15, 0.2) is 5.41 Å². The molecule has 0 radical (unpaired) electrons. The van der Waals surface area contributed by atoms with Crippen molar-refractivity contribution in [2.75, 3.05) is 50.8 Å². The Balaban J connectivity index is 1.83. The van der Waals surface area contributed by atoms with E-state index in [4.69, 9.17) is 0 Å². The molecular formula is C12H20F3N3OS. The molecule has 2 aliphatic heterocycles. The monoisotopic (exact) mass is 311 g/mol. The van der Waals surface area contributed by atoms with Crippen molar-refractivity contribution in [3.05, 3.63) is 0 Å². The van der Waals surface area contributed by atoms with Gasteiger partial charge in [-0.3, -0.25) is 9.69 Å². The van der Waals surface area contributed by atoms with Crippen molar-refractivity contribution >= 4 is 17.7 Å². The fraction of sp³-hybridized carbons (Fsp3) is 0.917. The van der Waals surface area contributed by atoms with E-state index in [9.17, 15) is 18.0 Å². The van der Waals surface area contributed by atoms with Gasteiger partial charge in [0.25, 0.3) is 0 Å². The van der Waals surface area contributed by atoms with Crippen molar-refractivity contribution in [2.45, 2.75) is 12.6 Å². The molecule has 1 amide bonds. The number of nitrogens with zero attached hydrogens (tertiary/aromatic N) is 1. The van der Waals surface area contributed by atoms with E-state index < -0.39 is 17.5 Å². The van der Waals surface area contributed by atoms with Gasteiger partial charge in [0.05, 0.1) is 0 Å². The summed E-state index contributed by atoms with van der Waals surface area (Å²) in [6, 6.07) is 0. The molecule has 0 bridgehead atoms. The molecule has 0 aliphatic carbocycles. The van der Waals surface area contributed by atoms with Gasteiger partial charge in [-0.2, -0.15) is 24.9 Å². The summed E-state index contributed by atoms with van der Waals surface area (Å²) in [4.78, 5) is 14.1. The van der Waals surface area contributed by atoms with Crippen molar-refractivity contribution in [3.8, 4) is 0 Å². The van der Waals surface area contributed by atoms with Gasteiger partial charge in [0, 0.05) is 44.2 Å². The predicted octanol–water partition coefficient (Wildman–Crippen LogP) is 0.693. The highest BCUT2D eigenvalue weighted by atomic mass is 32.2. The van der Waals surface area contributed by atoms with Gasteiger partial charge in [-0.05, 0) is 13.0 Å². The van der Waals surface area contributed by atoms with E-state index in [1.165, 1.54) is 0 Å². The zero-order valence-corrected chi connectivity index (χ0v) is 12.1. The molecule has 116 valence electrons. The Labute approximate surface area is 120 Å². The van der Waals surface area contributed by atoms with E-state index in [0.29, 0.717) is 6.54 Å². The predicted molar refractivity (Wildman–Crippen MR) is 72.7 cm³/mol. The van der Waals surface area contributed by atoms with Crippen LogP contribution in [0.1, 0.15) is 6.42 Å². The van der Waals surface area contributed by atoms with Gasteiger partial charge in [0.2, 0.25) is 5.91 Å². The minimum atomic E-state index is -4.50. The Bertz CT molecular complexity index is 339. The van der Waals surface area contributed by atoms with E-state index in [2.05, 4.69) is 15.5 Å². The molecular weight excluding hydrogens is 291 g/mol. The first-order valence-electron chi connectivity index (χ1n) is 6.81. The van der Waals surface area contributed by atoms with Crippen LogP contribution in [0.25, 0.3) is 0 Å². The number of carbonyl (C=O) groups is 1. The van der Waals surface area contributed by atoms with Crippen molar-refractivity contribution in [1.29, 1.82) is 0 Å². The number of carbonyl (C=O) groups excluding carboxylic acids is 1. The molecule has 2 saturated heterocycles. The normalized spacial score (nSPS) is 28.6. The maximum Gasteiger partial charge on any atom is 0.404 e. The van der Waals surface area contributed by atoms with E-state index in [1.807, 2.05) is 11.8 Å². The minimum absolute atomic E-state index is 0.178. The topological polar surface area (TPSA) is 44.4 Å². The third-order valence-electron chi connectivity index (χ3n) is 3.95. The van der Waals surface area contributed by atoms with E-state index >= 15 is 0 Å². The molecule has 0 aromatic rings. The Morgan fingerprint density at radius 3 is 2.60 bits per heavy atom. The molecule has 2 fully saturated rings. The van der Waals surface area contributed by atoms with Crippen LogP contribution in [0.15, 0.2) is 0 Å². The summed E-state index contributed by atoms with van der Waals surface area (Å²) >= 11 is 1.88. The summed E-state index contributed by atoms with van der Waals surface area (Å²) in [7, 11) is 0. The van der Waals surface area contributed by atoms with Crippen LogP contribution >= 0.6 is 11.8 Å². The van der Waals surface area contributed by atoms with Gasteiger partial charge in [0.1, 0.15) is 0 Å². The average Bonchev–Trinajstić information content (AvgIpc) is 2.90. The van der Waals surface area contributed by atoms with Crippen LogP contribution in [0.5, 0.6) is 0 Å². The lowest BCUT2D eigenvalue weighted by molar-refractivity contribution is -0.216. The number of amides is 1. The van der Waals surface area contributed by atoms with Crippen LogP contribution in [-0.4, -0.2) is 67.8 Å². The Hall–Kier alpha value is -0.470. The lowest BCUT2D eigenvalue weighted by Gasteiger charge is -2.30. The van der Waals surface area contributed by atoms with Crippen molar-refractivity contribution < 1.29 is 18.0 Å². The number of thioether (sulfide) groups is 1. The molecule has 2 heterocycles.